The molecule has 4 heavy (non-hydrogen) atoms. The zero-order valence-corrected chi connectivity index (χ0v) is 3.58. The van der Waals surface area contributed by atoms with Gasteiger partial charge < -0.3 is 4.55 Å². The highest BCUT2D eigenvalue weighted by atomic mass is 32.4. The molecular formula is HO2SSi. The lowest BCUT2D eigenvalue weighted by molar-refractivity contribution is 0.580. The van der Waals surface area contributed by atoms with Crippen LogP contribution in [-0.2, 0) is 10.5 Å². The number of hydrogen-bond acceptors (Lipinski definition) is 1. The molecule has 2 nitrogen and oxygen atoms in total. The van der Waals surface area contributed by atoms with Gasteiger partial charge in [0.2, 0.25) is 9.39 Å². The molecule has 0 heterocycles. The van der Waals surface area contributed by atoms with Crippen molar-refractivity contribution in [2.45, 2.75) is 0 Å². The van der Waals surface area contributed by atoms with Crippen molar-refractivity contribution < 1.29 is 8.76 Å². The summed E-state index contributed by atoms with van der Waals surface area (Å²) in [7, 11) is 0.534. The Kier molecular flexibility index (Phi) is 1.76. The SMILES string of the molecule is O=S(O)[Si]. The molecule has 0 aliphatic rings. The van der Waals surface area contributed by atoms with Crippen LogP contribution in [0.15, 0.2) is 0 Å². The van der Waals surface area contributed by atoms with Crippen LogP contribution in [0.1, 0.15) is 0 Å². The lowest BCUT2D eigenvalue weighted by Gasteiger charge is -1.59. The Bertz CT molecular complexity index is 29.0. The smallest absolute Gasteiger partial charge is 0.211 e. The standard InChI is InChI=1S/HO2SSi/c1-3(2)4/h(H,1,2). The fraction of sp³-hybridized carbons (Fsp3) is 0. The topological polar surface area (TPSA) is 37.3 Å². The third-order valence-electron chi connectivity index (χ3n) is 0. The van der Waals surface area contributed by atoms with Crippen LogP contribution in [0.3, 0.4) is 0 Å². The summed E-state index contributed by atoms with van der Waals surface area (Å²) < 4.78 is 16.5. The van der Waals surface area contributed by atoms with E-state index in [0.29, 0.717) is 0 Å². The Hall–Kier alpha value is 0.327. The van der Waals surface area contributed by atoms with E-state index in [0.717, 1.165) is 0 Å². The molecule has 0 aromatic rings. The average Bonchev–Trinajstić information content (AvgIpc) is 0.811. The average molecular weight is 93.2 g/mol. The van der Waals surface area contributed by atoms with Crippen molar-refractivity contribution in [3.05, 3.63) is 0 Å². The lowest BCUT2D eigenvalue weighted by Crippen LogP contribution is -1.76. The molecule has 0 rings (SSSR count). The predicted octanol–water partition coefficient (Wildman–Crippen LogP) is -0.708. The first-order valence-electron chi connectivity index (χ1n) is 0.553. The maximum atomic E-state index is 9.02. The zero-order chi connectivity index (χ0) is 3.58. The first kappa shape index (κ1) is 4.33. The highest BCUT2D eigenvalue weighted by Gasteiger charge is 1.61. The summed E-state index contributed by atoms with van der Waals surface area (Å²) in [5.41, 5.74) is 0. The van der Waals surface area contributed by atoms with Crippen LogP contribution in [-0.4, -0.2) is 18.2 Å². The normalized spacial score (nSPS) is 15.5. The first-order chi connectivity index (χ1) is 1.73. The third-order valence-corrected chi connectivity index (χ3v) is 0. The minimum Gasteiger partial charge on any atom is -0.312 e. The second kappa shape index (κ2) is 1.63. The summed E-state index contributed by atoms with van der Waals surface area (Å²) in [6.07, 6.45) is 0. The maximum absolute atomic E-state index is 9.02. The fourth-order valence-electron chi connectivity index (χ4n) is 0. The van der Waals surface area contributed by atoms with Crippen molar-refractivity contribution in [2.24, 2.45) is 0 Å². The Labute approximate surface area is 29.6 Å². The summed E-state index contributed by atoms with van der Waals surface area (Å²) >= 11 is 0. The van der Waals surface area contributed by atoms with Gasteiger partial charge in [-0.25, -0.2) is 4.21 Å². The lowest BCUT2D eigenvalue weighted by atomic mass is 15.9. The van der Waals surface area contributed by atoms with E-state index in [9.17, 15) is 0 Å². The van der Waals surface area contributed by atoms with Crippen molar-refractivity contribution in [1.82, 2.24) is 0 Å². The van der Waals surface area contributed by atoms with Crippen molar-refractivity contribution in [3.63, 3.8) is 0 Å². The van der Waals surface area contributed by atoms with Crippen LogP contribution >= 0.6 is 0 Å². The van der Waals surface area contributed by atoms with Crippen LogP contribution in [0.2, 0.25) is 0 Å². The maximum Gasteiger partial charge on any atom is 0.211 e. The molecular weight excluding hydrogens is 92.2 g/mol. The van der Waals surface area contributed by atoms with Crippen molar-refractivity contribution in [3.8, 4) is 0 Å². The van der Waals surface area contributed by atoms with Crippen LogP contribution in [0.25, 0.3) is 0 Å². The summed E-state index contributed by atoms with van der Waals surface area (Å²) in [5.74, 6) is 0. The minimum atomic E-state index is -1.81. The molecule has 3 radical (unpaired) electrons. The Balaban J connectivity index is 2.80. The molecule has 0 amide bonds. The Morgan fingerprint density at radius 3 is 2.00 bits per heavy atom. The van der Waals surface area contributed by atoms with Crippen molar-refractivity contribution in [1.29, 1.82) is 0 Å². The van der Waals surface area contributed by atoms with Gasteiger partial charge in [0.15, 0.2) is 0 Å². The molecule has 0 aliphatic carbocycles. The molecule has 23 valence electrons. The van der Waals surface area contributed by atoms with E-state index >= 15 is 0 Å². The van der Waals surface area contributed by atoms with Crippen molar-refractivity contribution >= 4 is 19.9 Å². The van der Waals surface area contributed by atoms with Crippen LogP contribution in [0, 0.1) is 0 Å². The second-order valence-corrected chi connectivity index (χ2v) is 1.80. The number of rotatable bonds is 0. The fourth-order valence-corrected chi connectivity index (χ4v) is 0. The van der Waals surface area contributed by atoms with Crippen LogP contribution in [0.4, 0.5) is 0 Å². The largest absolute Gasteiger partial charge is 0.312 e. The van der Waals surface area contributed by atoms with Gasteiger partial charge >= 0.3 is 0 Å². The van der Waals surface area contributed by atoms with Gasteiger partial charge in [0.05, 0.1) is 0 Å². The van der Waals surface area contributed by atoms with Gasteiger partial charge in [-0.2, -0.15) is 0 Å². The molecule has 1 unspecified atom stereocenters. The Morgan fingerprint density at radius 1 is 2.00 bits per heavy atom. The molecule has 0 bridgehead atoms. The number of hydrogen-bond donors (Lipinski definition) is 1. The van der Waals surface area contributed by atoms with Crippen LogP contribution in [0.5, 0.6) is 0 Å². The van der Waals surface area contributed by atoms with E-state index in [4.69, 9.17) is 8.76 Å². The molecule has 0 saturated carbocycles. The summed E-state index contributed by atoms with van der Waals surface area (Å²) in [4.78, 5) is 0. The summed E-state index contributed by atoms with van der Waals surface area (Å²) in [6.45, 7) is 0. The van der Waals surface area contributed by atoms with Gasteiger partial charge in [-0.05, 0) is 0 Å². The van der Waals surface area contributed by atoms with Crippen molar-refractivity contribution in [2.75, 3.05) is 0 Å². The second-order valence-electron chi connectivity index (χ2n) is 0.249. The van der Waals surface area contributed by atoms with Gasteiger partial charge in [-0.15, -0.1) is 0 Å². The minimum absolute atomic E-state index is 1.81. The molecule has 1 N–H and O–H groups in total. The van der Waals surface area contributed by atoms with E-state index in [2.05, 4.69) is 9.39 Å². The molecule has 0 aromatic heterocycles. The highest BCUT2D eigenvalue weighted by molar-refractivity contribution is 8.02. The molecule has 0 aromatic carbocycles. The van der Waals surface area contributed by atoms with Gasteiger partial charge in [-0.3, -0.25) is 0 Å². The van der Waals surface area contributed by atoms with Gasteiger partial charge in [0, 0.05) is 0 Å². The quantitative estimate of drug-likeness (QED) is 0.317. The van der Waals surface area contributed by atoms with E-state index in [-0.39, 0.29) is 0 Å². The van der Waals surface area contributed by atoms with Gasteiger partial charge in [-0.1, -0.05) is 0 Å². The monoisotopic (exact) mass is 92.9 g/mol. The molecule has 0 aliphatic heterocycles. The van der Waals surface area contributed by atoms with E-state index in [1.807, 2.05) is 0 Å². The van der Waals surface area contributed by atoms with Crippen LogP contribution < -0.4 is 0 Å². The first-order valence-corrected chi connectivity index (χ1v) is 2.88. The molecule has 0 fully saturated rings. The van der Waals surface area contributed by atoms with E-state index in [1.54, 1.807) is 0 Å². The zero-order valence-electron chi connectivity index (χ0n) is 1.76. The molecule has 4 heteroatoms. The third kappa shape index (κ3) is 38.3. The molecule has 1 atom stereocenters. The summed E-state index contributed by atoms with van der Waals surface area (Å²) in [6, 6.07) is 0. The Morgan fingerprint density at radius 2 is 2.00 bits per heavy atom. The summed E-state index contributed by atoms with van der Waals surface area (Å²) in [5, 5.41) is 0. The van der Waals surface area contributed by atoms with Gasteiger partial charge in [0.1, 0.15) is 10.5 Å². The van der Waals surface area contributed by atoms with Gasteiger partial charge in [0.25, 0.3) is 0 Å². The molecule has 0 spiro atoms. The van der Waals surface area contributed by atoms with E-state index < -0.39 is 10.5 Å². The van der Waals surface area contributed by atoms with E-state index in [1.165, 1.54) is 0 Å². The predicted molar refractivity (Wildman–Crippen MR) is 16.5 cm³/mol. The highest BCUT2D eigenvalue weighted by Crippen LogP contribution is 1.42. The molecule has 0 saturated heterocycles.